The smallest absolute Gasteiger partial charge is 0.256 e. The first kappa shape index (κ1) is 17.5. The standard InChI is InChI=1S/C18H20N4O2S/c1-3-7-21-8-10-22(11-9-21)18(23)16-5-4-6-19-17(16)25-13-15-12-14(2)24-20-15/h1,4-6,12H,7-11,13H2,2H3. The van der Waals surface area contributed by atoms with Gasteiger partial charge < -0.3 is 9.42 Å². The molecule has 1 aliphatic rings. The lowest BCUT2D eigenvalue weighted by Crippen LogP contribution is -2.48. The van der Waals surface area contributed by atoms with Gasteiger partial charge in [-0.15, -0.1) is 6.42 Å². The van der Waals surface area contributed by atoms with Crippen molar-refractivity contribution in [3.05, 3.63) is 41.4 Å². The van der Waals surface area contributed by atoms with Crippen LogP contribution in [0.3, 0.4) is 0 Å². The highest BCUT2D eigenvalue weighted by Crippen LogP contribution is 2.25. The van der Waals surface area contributed by atoms with E-state index in [2.05, 4.69) is 21.0 Å². The Morgan fingerprint density at radius 3 is 2.88 bits per heavy atom. The van der Waals surface area contributed by atoms with Gasteiger partial charge in [-0.1, -0.05) is 22.8 Å². The molecule has 3 rings (SSSR count). The van der Waals surface area contributed by atoms with Crippen LogP contribution in [0.5, 0.6) is 0 Å². The highest BCUT2D eigenvalue weighted by atomic mass is 32.2. The number of rotatable bonds is 5. The lowest BCUT2D eigenvalue weighted by atomic mass is 10.2. The fraction of sp³-hybridized carbons (Fsp3) is 0.389. The number of pyridine rings is 1. The van der Waals surface area contributed by atoms with Crippen LogP contribution in [0.1, 0.15) is 21.8 Å². The molecule has 6 nitrogen and oxygen atoms in total. The van der Waals surface area contributed by atoms with Gasteiger partial charge in [0.1, 0.15) is 10.8 Å². The Bertz CT molecular complexity index is 775. The second kappa shape index (κ2) is 8.19. The van der Waals surface area contributed by atoms with E-state index in [1.54, 1.807) is 12.3 Å². The van der Waals surface area contributed by atoms with Crippen LogP contribution in [-0.4, -0.2) is 58.6 Å². The van der Waals surface area contributed by atoms with Gasteiger partial charge in [0.15, 0.2) is 0 Å². The predicted octanol–water partition coefficient (Wildman–Crippen LogP) is 2.06. The van der Waals surface area contributed by atoms with Gasteiger partial charge >= 0.3 is 0 Å². The minimum Gasteiger partial charge on any atom is -0.361 e. The molecule has 25 heavy (non-hydrogen) atoms. The zero-order valence-electron chi connectivity index (χ0n) is 14.1. The van der Waals surface area contributed by atoms with Crippen LogP contribution in [0.15, 0.2) is 33.9 Å². The average molecular weight is 356 g/mol. The molecule has 0 unspecified atom stereocenters. The van der Waals surface area contributed by atoms with Gasteiger partial charge in [0, 0.05) is 44.2 Å². The molecule has 0 spiro atoms. The summed E-state index contributed by atoms with van der Waals surface area (Å²) in [5.74, 6) is 4.06. The van der Waals surface area contributed by atoms with E-state index in [1.165, 1.54) is 11.8 Å². The van der Waals surface area contributed by atoms with E-state index in [4.69, 9.17) is 10.9 Å². The zero-order valence-corrected chi connectivity index (χ0v) is 15.0. The zero-order chi connectivity index (χ0) is 17.6. The number of amides is 1. The highest BCUT2D eigenvalue weighted by molar-refractivity contribution is 7.98. The van der Waals surface area contributed by atoms with E-state index in [9.17, 15) is 4.79 Å². The molecule has 1 aliphatic heterocycles. The monoisotopic (exact) mass is 356 g/mol. The number of nitrogens with zero attached hydrogens (tertiary/aromatic N) is 4. The van der Waals surface area contributed by atoms with Gasteiger partial charge in [0.2, 0.25) is 0 Å². The lowest BCUT2D eigenvalue weighted by molar-refractivity contribution is 0.0648. The Balaban J connectivity index is 1.66. The number of carbonyl (C=O) groups excluding carboxylic acids is 1. The quantitative estimate of drug-likeness (QED) is 0.604. The largest absolute Gasteiger partial charge is 0.361 e. The topological polar surface area (TPSA) is 62.5 Å². The third-order valence-electron chi connectivity index (χ3n) is 4.01. The van der Waals surface area contributed by atoms with Crippen LogP contribution in [0.4, 0.5) is 0 Å². The molecule has 7 heteroatoms. The van der Waals surface area contributed by atoms with Crippen molar-refractivity contribution in [2.75, 3.05) is 32.7 Å². The first-order valence-electron chi connectivity index (χ1n) is 8.12. The molecule has 130 valence electrons. The molecule has 0 radical (unpaired) electrons. The summed E-state index contributed by atoms with van der Waals surface area (Å²) in [6, 6.07) is 5.52. The summed E-state index contributed by atoms with van der Waals surface area (Å²) < 4.78 is 5.08. The Morgan fingerprint density at radius 2 is 2.20 bits per heavy atom. The maximum Gasteiger partial charge on any atom is 0.256 e. The van der Waals surface area contributed by atoms with E-state index in [0.717, 1.165) is 29.6 Å². The van der Waals surface area contributed by atoms with E-state index in [1.807, 2.05) is 24.0 Å². The molecule has 0 aliphatic carbocycles. The van der Waals surface area contributed by atoms with Gasteiger partial charge in [-0.3, -0.25) is 9.69 Å². The molecule has 0 atom stereocenters. The van der Waals surface area contributed by atoms with Crippen molar-refractivity contribution < 1.29 is 9.32 Å². The van der Waals surface area contributed by atoms with Crippen LogP contribution >= 0.6 is 11.8 Å². The van der Waals surface area contributed by atoms with E-state index in [0.29, 0.717) is 31.0 Å². The average Bonchev–Trinajstić information content (AvgIpc) is 3.06. The summed E-state index contributed by atoms with van der Waals surface area (Å²) >= 11 is 1.50. The summed E-state index contributed by atoms with van der Waals surface area (Å²) in [7, 11) is 0. The molecular formula is C18H20N4O2S. The fourth-order valence-electron chi connectivity index (χ4n) is 2.71. The van der Waals surface area contributed by atoms with Crippen LogP contribution in [0, 0.1) is 19.3 Å². The Hall–Kier alpha value is -2.30. The van der Waals surface area contributed by atoms with Crippen LogP contribution in [0.25, 0.3) is 0 Å². The van der Waals surface area contributed by atoms with Gasteiger partial charge in [0.05, 0.1) is 17.8 Å². The summed E-state index contributed by atoms with van der Waals surface area (Å²) in [5.41, 5.74) is 1.48. The van der Waals surface area contributed by atoms with Gasteiger partial charge in [0.25, 0.3) is 5.91 Å². The lowest BCUT2D eigenvalue weighted by Gasteiger charge is -2.33. The molecule has 0 aromatic carbocycles. The second-order valence-electron chi connectivity index (χ2n) is 5.85. The van der Waals surface area contributed by atoms with Crippen molar-refractivity contribution in [2.24, 2.45) is 0 Å². The van der Waals surface area contributed by atoms with Crippen molar-refractivity contribution in [3.63, 3.8) is 0 Å². The maximum absolute atomic E-state index is 12.9. The molecule has 0 bridgehead atoms. The molecule has 2 aromatic rings. The van der Waals surface area contributed by atoms with Crippen molar-refractivity contribution >= 4 is 17.7 Å². The summed E-state index contributed by atoms with van der Waals surface area (Å²) in [6.07, 6.45) is 7.06. The van der Waals surface area contributed by atoms with E-state index in [-0.39, 0.29) is 5.91 Å². The number of terminal acetylenes is 1. The minimum absolute atomic E-state index is 0.0206. The minimum atomic E-state index is 0.0206. The normalized spacial score (nSPS) is 15.1. The van der Waals surface area contributed by atoms with Crippen LogP contribution < -0.4 is 0 Å². The van der Waals surface area contributed by atoms with Gasteiger partial charge in [-0.05, 0) is 19.1 Å². The molecule has 2 aromatic heterocycles. The van der Waals surface area contributed by atoms with E-state index >= 15 is 0 Å². The third-order valence-corrected chi connectivity index (χ3v) is 5.05. The molecule has 3 heterocycles. The summed E-state index contributed by atoms with van der Waals surface area (Å²) in [4.78, 5) is 21.3. The number of hydrogen-bond donors (Lipinski definition) is 0. The molecule has 1 amide bonds. The predicted molar refractivity (Wildman–Crippen MR) is 96.2 cm³/mol. The van der Waals surface area contributed by atoms with Crippen LogP contribution in [0.2, 0.25) is 0 Å². The number of carbonyl (C=O) groups is 1. The third kappa shape index (κ3) is 4.41. The van der Waals surface area contributed by atoms with Gasteiger partial charge in [-0.25, -0.2) is 4.98 Å². The SMILES string of the molecule is C#CCN1CCN(C(=O)c2cccnc2SCc2cc(C)on2)CC1. The molecule has 1 saturated heterocycles. The van der Waals surface area contributed by atoms with Crippen molar-refractivity contribution in [1.29, 1.82) is 0 Å². The molecule has 0 N–H and O–H groups in total. The number of aromatic nitrogens is 2. The number of thioether (sulfide) groups is 1. The maximum atomic E-state index is 12.9. The van der Waals surface area contributed by atoms with Crippen molar-refractivity contribution in [2.45, 2.75) is 17.7 Å². The number of hydrogen-bond acceptors (Lipinski definition) is 6. The first-order chi connectivity index (χ1) is 12.2. The Kier molecular flexibility index (Phi) is 5.74. The first-order valence-corrected chi connectivity index (χ1v) is 9.11. The number of piperazine rings is 1. The highest BCUT2D eigenvalue weighted by Gasteiger charge is 2.24. The number of aryl methyl sites for hydroxylation is 1. The van der Waals surface area contributed by atoms with Crippen molar-refractivity contribution in [1.82, 2.24) is 19.9 Å². The molecule has 1 fully saturated rings. The van der Waals surface area contributed by atoms with Crippen LogP contribution in [-0.2, 0) is 5.75 Å². The Morgan fingerprint density at radius 1 is 1.40 bits per heavy atom. The van der Waals surface area contributed by atoms with Gasteiger partial charge in [-0.2, -0.15) is 0 Å². The van der Waals surface area contributed by atoms with E-state index < -0.39 is 0 Å². The molecule has 0 saturated carbocycles. The fourth-order valence-corrected chi connectivity index (χ4v) is 3.57. The Labute approximate surface area is 151 Å². The molecular weight excluding hydrogens is 336 g/mol. The van der Waals surface area contributed by atoms with Crippen molar-refractivity contribution in [3.8, 4) is 12.3 Å². The second-order valence-corrected chi connectivity index (χ2v) is 6.81. The summed E-state index contributed by atoms with van der Waals surface area (Å²) in [6.45, 7) is 5.46. The summed E-state index contributed by atoms with van der Waals surface area (Å²) in [5, 5.41) is 4.70.